The highest BCUT2D eigenvalue weighted by molar-refractivity contribution is 4.60. The van der Waals surface area contributed by atoms with Gasteiger partial charge in [0.05, 0.1) is 0 Å². The minimum Gasteiger partial charge on any atom is -0.318 e. The van der Waals surface area contributed by atoms with Gasteiger partial charge in [-0.2, -0.15) is 0 Å². The molecule has 0 aromatic carbocycles. The van der Waals surface area contributed by atoms with Gasteiger partial charge in [0.1, 0.15) is 0 Å². The lowest BCUT2D eigenvalue weighted by atomic mass is 10.3. The van der Waals surface area contributed by atoms with Gasteiger partial charge in [-0.25, -0.2) is 0 Å². The van der Waals surface area contributed by atoms with Gasteiger partial charge in [-0.1, -0.05) is 0 Å². The van der Waals surface area contributed by atoms with Crippen LogP contribution in [0, 0.1) is 0 Å². The normalized spacial score (nSPS) is 11.4. The topological polar surface area (TPSA) is 41.3 Å². The Labute approximate surface area is 63.6 Å². The first-order valence-electron chi connectivity index (χ1n) is 3.81. The zero-order chi connectivity index (χ0) is 7.98. The highest BCUT2D eigenvalue weighted by atomic mass is 15.2. The van der Waals surface area contributed by atoms with Crippen LogP contribution in [0.25, 0.3) is 0 Å². The van der Waals surface area contributed by atoms with E-state index in [-0.39, 0.29) is 0 Å². The van der Waals surface area contributed by atoms with E-state index in [1.54, 1.807) is 0 Å². The Balaban J connectivity index is 3.40. The fourth-order valence-corrected chi connectivity index (χ4v) is 0.816. The Bertz CT molecular complexity index is 73.3. The van der Waals surface area contributed by atoms with Crippen LogP contribution in [0.2, 0.25) is 0 Å². The molecule has 0 radical (unpaired) electrons. The van der Waals surface area contributed by atoms with Crippen LogP contribution < -0.4 is 11.1 Å². The monoisotopic (exact) mass is 145 g/mol. The summed E-state index contributed by atoms with van der Waals surface area (Å²) in [6.45, 7) is 7.00. The number of nitrogens with two attached hydrogens (primary N) is 1. The minimum atomic E-state index is 0.554. The predicted molar refractivity (Wildman–Crippen MR) is 44.8 cm³/mol. The van der Waals surface area contributed by atoms with E-state index in [4.69, 9.17) is 5.73 Å². The molecule has 0 heterocycles. The Morgan fingerprint density at radius 3 is 2.40 bits per heavy atom. The van der Waals surface area contributed by atoms with Crippen molar-refractivity contribution in [2.75, 3.05) is 26.8 Å². The van der Waals surface area contributed by atoms with Crippen molar-refractivity contribution < 1.29 is 0 Å². The molecule has 0 fully saturated rings. The smallest absolute Gasteiger partial charge is 0.0458 e. The lowest BCUT2D eigenvalue weighted by Crippen LogP contribution is -2.39. The number of rotatable bonds is 5. The Morgan fingerprint density at radius 2 is 2.10 bits per heavy atom. The number of likely N-dealkylation sites (N-methyl/N-ethyl adjacent to an activating group) is 1. The third-order valence-electron chi connectivity index (χ3n) is 1.61. The first kappa shape index (κ1) is 9.88. The molecule has 0 saturated heterocycles. The second-order valence-corrected chi connectivity index (χ2v) is 2.69. The van der Waals surface area contributed by atoms with Gasteiger partial charge in [0.15, 0.2) is 0 Å². The molecule has 0 aromatic heterocycles. The third-order valence-corrected chi connectivity index (χ3v) is 1.61. The first-order chi connectivity index (χ1) is 4.72. The molecule has 62 valence electrons. The second-order valence-electron chi connectivity index (χ2n) is 2.69. The van der Waals surface area contributed by atoms with Crippen LogP contribution >= 0.6 is 0 Å². The van der Waals surface area contributed by atoms with E-state index in [0.29, 0.717) is 12.7 Å². The number of hydrogen-bond donors (Lipinski definition) is 2. The Kier molecular flexibility index (Phi) is 5.58. The van der Waals surface area contributed by atoms with Gasteiger partial charge in [0, 0.05) is 25.8 Å². The fourth-order valence-electron chi connectivity index (χ4n) is 0.816. The average Bonchev–Trinajstić information content (AvgIpc) is 1.89. The Hall–Kier alpha value is -0.120. The summed E-state index contributed by atoms with van der Waals surface area (Å²) >= 11 is 0. The molecular formula is C7H19N3. The fraction of sp³-hybridized carbons (Fsp3) is 1.00. The number of nitrogens with one attached hydrogen (secondary N) is 1. The molecule has 0 aliphatic rings. The summed E-state index contributed by atoms with van der Waals surface area (Å²) in [5.41, 5.74) is 5.51. The first-order valence-corrected chi connectivity index (χ1v) is 3.81. The summed E-state index contributed by atoms with van der Waals surface area (Å²) in [6.07, 6.45) is 0. The van der Waals surface area contributed by atoms with Crippen molar-refractivity contribution in [1.29, 1.82) is 0 Å². The highest BCUT2D eigenvalue weighted by Crippen LogP contribution is 1.92. The van der Waals surface area contributed by atoms with E-state index in [0.717, 1.165) is 13.1 Å². The summed E-state index contributed by atoms with van der Waals surface area (Å²) in [6, 6.07) is 0.554. The van der Waals surface area contributed by atoms with Crippen LogP contribution in [-0.4, -0.2) is 37.7 Å². The molecule has 10 heavy (non-hydrogen) atoms. The third kappa shape index (κ3) is 3.82. The van der Waals surface area contributed by atoms with Crippen LogP contribution in [0.1, 0.15) is 13.8 Å². The van der Waals surface area contributed by atoms with E-state index in [1.165, 1.54) is 0 Å². The summed E-state index contributed by atoms with van der Waals surface area (Å²) in [4.78, 5) is 2.22. The van der Waals surface area contributed by atoms with E-state index >= 15 is 0 Å². The zero-order valence-electron chi connectivity index (χ0n) is 7.22. The van der Waals surface area contributed by atoms with E-state index in [1.807, 2.05) is 7.05 Å². The maximum Gasteiger partial charge on any atom is 0.0458 e. The van der Waals surface area contributed by atoms with Crippen LogP contribution in [0.3, 0.4) is 0 Å². The summed E-state index contributed by atoms with van der Waals surface area (Å²) < 4.78 is 0. The molecule has 3 nitrogen and oxygen atoms in total. The molecule has 0 unspecified atom stereocenters. The molecule has 0 aliphatic carbocycles. The van der Waals surface area contributed by atoms with E-state index < -0.39 is 0 Å². The van der Waals surface area contributed by atoms with Crippen molar-refractivity contribution in [2.45, 2.75) is 19.9 Å². The molecule has 0 amide bonds. The maximum absolute atomic E-state index is 5.51. The van der Waals surface area contributed by atoms with Crippen LogP contribution in [-0.2, 0) is 0 Å². The van der Waals surface area contributed by atoms with Crippen molar-refractivity contribution in [1.82, 2.24) is 10.2 Å². The van der Waals surface area contributed by atoms with Gasteiger partial charge in [0.2, 0.25) is 0 Å². The van der Waals surface area contributed by atoms with Gasteiger partial charge in [-0.3, -0.25) is 4.90 Å². The minimum absolute atomic E-state index is 0.554. The van der Waals surface area contributed by atoms with Gasteiger partial charge in [0.25, 0.3) is 0 Å². The quantitative estimate of drug-likeness (QED) is 0.528. The zero-order valence-corrected chi connectivity index (χ0v) is 7.22. The molecule has 0 spiro atoms. The molecule has 0 saturated carbocycles. The van der Waals surface area contributed by atoms with Crippen LogP contribution in [0.5, 0.6) is 0 Å². The molecule has 3 N–H and O–H groups in total. The van der Waals surface area contributed by atoms with Gasteiger partial charge >= 0.3 is 0 Å². The van der Waals surface area contributed by atoms with E-state index in [2.05, 4.69) is 24.1 Å². The summed E-state index contributed by atoms with van der Waals surface area (Å²) in [7, 11) is 1.95. The summed E-state index contributed by atoms with van der Waals surface area (Å²) in [5.74, 6) is 0. The van der Waals surface area contributed by atoms with Crippen molar-refractivity contribution in [3.8, 4) is 0 Å². The van der Waals surface area contributed by atoms with Crippen LogP contribution in [0.4, 0.5) is 0 Å². The predicted octanol–water partition coefficient (Wildman–Crippen LogP) is -0.168. The number of hydrogen-bond acceptors (Lipinski definition) is 3. The van der Waals surface area contributed by atoms with Crippen molar-refractivity contribution in [3.05, 3.63) is 0 Å². The van der Waals surface area contributed by atoms with Crippen molar-refractivity contribution in [2.24, 2.45) is 5.73 Å². The second kappa shape index (κ2) is 5.65. The van der Waals surface area contributed by atoms with Gasteiger partial charge < -0.3 is 11.1 Å². The largest absolute Gasteiger partial charge is 0.318 e. The van der Waals surface area contributed by atoms with Gasteiger partial charge in [-0.15, -0.1) is 0 Å². The molecule has 0 atom stereocenters. The molecule has 3 heteroatoms. The van der Waals surface area contributed by atoms with E-state index in [9.17, 15) is 0 Å². The van der Waals surface area contributed by atoms with Crippen LogP contribution in [0.15, 0.2) is 0 Å². The highest BCUT2D eigenvalue weighted by Gasteiger charge is 2.04. The SMILES string of the molecule is CNCCN(CN)C(C)C. The summed E-state index contributed by atoms with van der Waals surface area (Å²) in [5, 5.41) is 3.09. The lowest BCUT2D eigenvalue weighted by molar-refractivity contribution is 0.230. The molecule has 0 aliphatic heterocycles. The standard InChI is InChI=1S/C7H19N3/c1-7(2)10(6-8)5-4-9-3/h7,9H,4-6,8H2,1-3H3. The van der Waals surface area contributed by atoms with Gasteiger partial charge in [-0.05, 0) is 20.9 Å². The lowest BCUT2D eigenvalue weighted by Gasteiger charge is -2.23. The molecule has 0 rings (SSSR count). The Morgan fingerprint density at radius 1 is 1.50 bits per heavy atom. The molecule has 0 bridgehead atoms. The average molecular weight is 145 g/mol. The molecule has 0 aromatic rings. The number of nitrogens with zero attached hydrogens (tertiary/aromatic N) is 1. The molecular weight excluding hydrogens is 126 g/mol. The van der Waals surface area contributed by atoms with Crippen molar-refractivity contribution >= 4 is 0 Å². The maximum atomic E-state index is 5.51. The van der Waals surface area contributed by atoms with Crippen molar-refractivity contribution in [3.63, 3.8) is 0 Å².